The highest BCUT2D eigenvalue weighted by atomic mass is 16.5. The summed E-state index contributed by atoms with van der Waals surface area (Å²) in [4.78, 5) is 35.9. The van der Waals surface area contributed by atoms with Gasteiger partial charge in [-0.25, -0.2) is 0 Å². The molecule has 2 rings (SSSR count). The molecule has 7 nitrogen and oxygen atoms in total. The molecular weight excluding hydrogens is 346 g/mol. The van der Waals surface area contributed by atoms with Crippen molar-refractivity contribution in [3.63, 3.8) is 0 Å². The van der Waals surface area contributed by atoms with Crippen LogP contribution < -0.4 is 16.4 Å². The number of hydrogen-bond acceptors (Lipinski definition) is 5. The number of hydrogen-bond donors (Lipinski definition) is 3. The lowest BCUT2D eigenvalue weighted by Crippen LogP contribution is -2.38. The molecule has 142 valence electrons. The third kappa shape index (κ3) is 6.23. The molecular formula is C20H23N3O4. The number of nitrogens with two attached hydrogens (primary N) is 1. The summed E-state index contributed by atoms with van der Waals surface area (Å²) in [6.45, 7) is 0.140. The van der Waals surface area contributed by atoms with Crippen LogP contribution in [0.4, 0.5) is 5.69 Å². The summed E-state index contributed by atoms with van der Waals surface area (Å²) in [5.41, 5.74) is 7.60. The van der Waals surface area contributed by atoms with Gasteiger partial charge in [-0.05, 0) is 24.1 Å². The lowest BCUT2D eigenvalue weighted by molar-refractivity contribution is -0.140. The maximum atomic E-state index is 12.4. The molecule has 27 heavy (non-hydrogen) atoms. The first-order valence-electron chi connectivity index (χ1n) is 8.55. The predicted octanol–water partition coefficient (Wildman–Crippen LogP) is 1.49. The van der Waals surface area contributed by atoms with Crippen LogP contribution in [-0.4, -0.2) is 37.5 Å². The minimum absolute atomic E-state index is 0.0682. The molecule has 2 amide bonds. The summed E-state index contributed by atoms with van der Waals surface area (Å²) in [6.07, 6.45) is 0.457. The van der Waals surface area contributed by atoms with Crippen LogP contribution in [0.25, 0.3) is 0 Å². The summed E-state index contributed by atoms with van der Waals surface area (Å²) < 4.78 is 4.53. The summed E-state index contributed by atoms with van der Waals surface area (Å²) in [6, 6.07) is 15.3. The van der Waals surface area contributed by atoms with E-state index in [0.717, 1.165) is 5.56 Å². The Morgan fingerprint density at radius 1 is 1.04 bits per heavy atom. The summed E-state index contributed by atoms with van der Waals surface area (Å²) >= 11 is 0. The van der Waals surface area contributed by atoms with Crippen LogP contribution in [0.1, 0.15) is 22.3 Å². The predicted molar refractivity (Wildman–Crippen MR) is 102 cm³/mol. The summed E-state index contributed by atoms with van der Waals surface area (Å²) in [5.74, 6) is -1.19. The normalized spacial score (nSPS) is 11.3. The fourth-order valence-corrected chi connectivity index (χ4v) is 2.45. The number of rotatable bonds is 8. The van der Waals surface area contributed by atoms with Crippen molar-refractivity contribution in [3.8, 4) is 0 Å². The topological polar surface area (TPSA) is 111 Å². The molecule has 0 bridgehead atoms. The van der Waals surface area contributed by atoms with Gasteiger partial charge < -0.3 is 21.1 Å². The van der Waals surface area contributed by atoms with E-state index in [1.54, 1.807) is 24.3 Å². The van der Waals surface area contributed by atoms with Gasteiger partial charge in [0.1, 0.15) is 0 Å². The van der Waals surface area contributed by atoms with E-state index in [1.165, 1.54) is 7.11 Å². The first-order chi connectivity index (χ1) is 13.0. The number of anilines is 1. The maximum Gasteiger partial charge on any atom is 0.307 e. The molecule has 0 saturated carbocycles. The van der Waals surface area contributed by atoms with Crippen molar-refractivity contribution in [3.05, 3.63) is 65.7 Å². The third-order valence-electron chi connectivity index (χ3n) is 3.91. The Balaban J connectivity index is 1.98. The standard InChI is InChI=1S/C20H23N3O4/c1-27-18(24)11-12-22-19(25)15-9-5-6-10-17(15)23-20(26)16(21)13-14-7-3-2-4-8-14/h2-10,16H,11-13,21H2,1H3,(H,22,25)(H,23,26)/t16-/m0/s1. The zero-order valence-corrected chi connectivity index (χ0v) is 15.1. The van der Waals surface area contributed by atoms with Gasteiger partial charge in [0.2, 0.25) is 5.91 Å². The van der Waals surface area contributed by atoms with E-state index in [2.05, 4.69) is 15.4 Å². The maximum absolute atomic E-state index is 12.4. The second-order valence-electron chi connectivity index (χ2n) is 5.91. The Kier molecular flexibility index (Phi) is 7.51. The van der Waals surface area contributed by atoms with Crippen molar-refractivity contribution < 1.29 is 19.1 Å². The quantitative estimate of drug-likeness (QED) is 0.611. The number of amides is 2. The number of nitrogens with one attached hydrogen (secondary N) is 2. The Labute approximate surface area is 157 Å². The monoisotopic (exact) mass is 369 g/mol. The second kappa shape index (κ2) is 10.1. The molecule has 0 heterocycles. The van der Waals surface area contributed by atoms with Crippen LogP contribution in [0, 0.1) is 0 Å². The highest BCUT2D eigenvalue weighted by Gasteiger charge is 2.18. The summed E-state index contributed by atoms with van der Waals surface area (Å²) in [7, 11) is 1.29. The van der Waals surface area contributed by atoms with Crippen molar-refractivity contribution in [1.82, 2.24) is 5.32 Å². The van der Waals surface area contributed by atoms with Crippen LogP contribution in [0.5, 0.6) is 0 Å². The molecule has 1 atom stereocenters. The van der Waals surface area contributed by atoms with E-state index < -0.39 is 17.9 Å². The van der Waals surface area contributed by atoms with Gasteiger partial charge in [0, 0.05) is 6.54 Å². The molecule has 2 aromatic carbocycles. The highest BCUT2D eigenvalue weighted by Crippen LogP contribution is 2.15. The van der Waals surface area contributed by atoms with E-state index >= 15 is 0 Å². The second-order valence-corrected chi connectivity index (χ2v) is 5.91. The molecule has 7 heteroatoms. The van der Waals surface area contributed by atoms with Gasteiger partial charge in [-0.1, -0.05) is 42.5 Å². The molecule has 0 spiro atoms. The minimum Gasteiger partial charge on any atom is -0.469 e. The number of methoxy groups -OCH3 is 1. The Hall–Kier alpha value is -3.19. The molecule has 0 radical (unpaired) electrons. The van der Waals surface area contributed by atoms with Crippen LogP contribution in [-0.2, 0) is 20.7 Å². The van der Waals surface area contributed by atoms with Gasteiger partial charge in [-0.2, -0.15) is 0 Å². The van der Waals surface area contributed by atoms with E-state index in [-0.39, 0.29) is 18.9 Å². The van der Waals surface area contributed by atoms with E-state index in [1.807, 2.05) is 30.3 Å². The molecule has 0 aliphatic heterocycles. The fraction of sp³-hybridized carbons (Fsp3) is 0.250. The smallest absolute Gasteiger partial charge is 0.307 e. The van der Waals surface area contributed by atoms with Gasteiger partial charge in [0.05, 0.1) is 30.8 Å². The SMILES string of the molecule is COC(=O)CCNC(=O)c1ccccc1NC(=O)[C@@H](N)Cc1ccccc1. The molecule has 0 unspecified atom stereocenters. The highest BCUT2D eigenvalue weighted by molar-refractivity contribution is 6.04. The van der Waals surface area contributed by atoms with Crippen molar-refractivity contribution in [2.75, 3.05) is 19.0 Å². The van der Waals surface area contributed by atoms with Crippen LogP contribution >= 0.6 is 0 Å². The number of ether oxygens (including phenoxy) is 1. The van der Waals surface area contributed by atoms with Crippen LogP contribution in [0.15, 0.2) is 54.6 Å². The average Bonchev–Trinajstić information content (AvgIpc) is 2.68. The number of carbonyl (C=O) groups excluding carboxylic acids is 3. The Morgan fingerprint density at radius 3 is 2.41 bits per heavy atom. The van der Waals surface area contributed by atoms with E-state index in [0.29, 0.717) is 17.7 Å². The third-order valence-corrected chi connectivity index (χ3v) is 3.91. The van der Waals surface area contributed by atoms with Gasteiger partial charge in [-0.15, -0.1) is 0 Å². The minimum atomic E-state index is -0.747. The van der Waals surface area contributed by atoms with Gasteiger partial charge in [0.25, 0.3) is 5.91 Å². The van der Waals surface area contributed by atoms with Gasteiger partial charge in [-0.3, -0.25) is 14.4 Å². The van der Waals surface area contributed by atoms with Crippen molar-refractivity contribution >= 4 is 23.5 Å². The lowest BCUT2D eigenvalue weighted by atomic mass is 10.1. The Morgan fingerprint density at radius 2 is 1.70 bits per heavy atom. The Bertz CT molecular complexity index is 793. The largest absolute Gasteiger partial charge is 0.469 e. The molecule has 0 fully saturated rings. The van der Waals surface area contributed by atoms with E-state index in [9.17, 15) is 14.4 Å². The molecule has 0 aliphatic carbocycles. The van der Waals surface area contributed by atoms with Crippen molar-refractivity contribution in [2.45, 2.75) is 18.9 Å². The number of esters is 1. The van der Waals surface area contributed by atoms with Crippen LogP contribution in [0.2, 0.25) is 0 Å². The number of carbonyl (C=O) groups is 3. The molecule has 0 saturated heterocycles. The van der Waals surface area contributed by atoms with Crippen LogP contribution in [0.3, 0.4) is 0 Å². The fourth-order valence-electron chi connectivity index (χ4n) is 2.45. The van der Waals surface area contributed by atoms with Crippen molar-refractivity contribution in [2.24, 2.45) is 5.73 Å². The van der Waals surface area contributed by atoms with Gasteiger partial charge >= 0.3 is 5.97 Å². The zero-order chi connectivity index (χ0) is 19.6. The molecule has 0 aliphatic rings. The number of para-hydroxylation sites is 1. The first kappa shape index (κ1) is 20.1. The molecule has 4 N–H and O–H groups in total. The average molecular weight is 369 g/mol. The lowest BCUT2D eigenvalue weighted by Gasteiger charge is -2.15. The zero-order valence-electron chi connectivity index (χ0n) is 15.1. The van der Waals surface area contributed by atoms with Gasteiger partial charge in [0.15, 0.2) is 0 Å². The van der Waals surface area contributed by atoms with Crippen molar-refractivity contribution in [1.29, 1.82) is 0 Å². The molecule has 0 aromatic heterocycles. The molecule has 2 aromatic rings. The number of benzene rings is 2. The van der Waals surface area contributed by atoms with E-state index in [4.69, 9.17) is 5.73 Å². The first-order valence-corrected chi connectivity index (χ1v) is 8.55. The summed E-state index contributed by atoms with van der Waals surface area (Å²) in [5, 5.41) is 5.33.